The number of sulfonamides is 1. The first-order valence-electron chi connectivity index (χ1n) is 5.95. The maximum Gasteiger partial charge on any atom is 0.389 e. The van der Waals surface area contributed by atoms with Crippen LogP contribution in [0.15, 0.2) is 0 Å². The van der Waals surface area contributed by atoms with Gasteiger partial charge in [0.1, 0.15) is 0 Å². The Labute approximate surface area is 106 Å². The smallest absolute Gasteiger partial charge is 0.315 e. The highest BCUT2D eigenvalue weighted by molar-refractivity contribution is 7.90. The number of nitrogens with one attached hydrogen (secondary N) is 2. The number of halogens is 3. The van der Waals surface area contributed by atoms with Crippen molar-refractivity contribution < 1.29 is 21.6 Å². The van der Waals surface area contributed by atoms with Gasteiger partial charge in [-0.15, -0.1) is 0 Å². The average Bonchev–Trinajstić information content (AvgIpc) is 2.23. The summed E-state index contributed by atoms with van der Waals surface area (Å²) in [5.74, 6) is 0. The van der Waals surface area contributed by atoms with Crippen LogP contribution in [0, 0.1) is 0 Å². The fraction of sp³-hybridized carbons (Fsp3) is 1.00. The van der Waals surface area contributed by atoms with Crippen LogP contribution in [-0.4, -0.2) is 39.5 Å². The number of hydrogen-bond donors (Lipinski definition) is 2. The SMILES string of the molecule is CCCNCC(C)S(=O)(=O)NCCCC(F)(F)F. The van der Waals surface area contributed by atoms with Gasteiger partial charge in [-0.1, -0.05) is 6.92 Å². The Kier molecular flexibility index (Phi) is 7.81. The predicted octanol–water partition coefficient (Wildman–Crippen LogP) is 1.64. The van der Waals surface area contributed by atoms with Crippen LogP contribution in [0.5, 0.6) is 0 Å². The molecule has 18 heavy (non-hydrogen) atoms. The Balaban J connectivity index is 3.92. The summed E-state index contributed by atoms with van der Waals surface area (Å²) in [5.41, 5.74) is 0. The monoisotopic (exact) mass is 290 g/mol. The standard InChI is InChI=1S/C10H21F3N2O2S/c1-3-6-14-8-9(2)18(16,17)15-7-4-5-10(11,12)13/h9,14-15H,3-8H2,1-2H3. The third kappa shape index (κ3) is 8.71. The largest absolute Gasteiger partial charge is 0.389 e. The fourth-order valence-electron chi connectivity index (χ4n) is 1.24. The molecule has 0 amide bonds. The van der Waals surface area contributed by atoms with Gasteiger partial charge in [-0.25, -0.2) is 13.1 Å². The van der Waals surface area contributed by atoms with Crippen LogP contribution in [0.3, 0.4) is 0 Å². The van der Waals surface area contributed by atoms with Crippen LogP contribution in [-0.2, 0) is 10.0 Å². The molecule has 2 N–H and O–H groups in total. The molecule has 0 radical (unpaired) electrons. The van der Waals surface area contributed by atoms with E-state index in [1.165, 1.54) is 6.92 Å². The van der Waals surface area contributed by atoms with Crippen molar-refractivity contribution in [1.29, 1.82) is 0 Å². The van der Waals surface area contributed by atoms with Crippen molar-refractivity contribution in [1.82, 2.24) is 10.0 Å². The minimum atomic E-state index is -4.24. The lowest BCUT2D eigenvalue weighted by molar-refractivity contribution is -0.135. The number of rotatable bonds is 9. The molecule has 0 rings (SSSR count). The van der Waals surface area contributed by atoms with Crippen molar-refractivity contribution in [2.45, 2.75) is 44.5 Å². The van der Waals surface area contributed by atoms with E-state index in [1.54, 1.807) is 0 Å². The highest BCUT2D eigenvalue weighted by Crippen LogP contribution is 2.20. The lowest BCUT2D eigenvalue weighted by atomic mass is 10.3. The summed E-state index contributed by atoms with van der Waals surface area (Å²) in [6.07, 6.45) is -4.55. The van der Waals surface area contributed by atoms with Crippen molar-refractivity contribution in [3.63, 3.8) is 0 Å². The lowest BCUT2D eigenvalue weighted by Gasteiger charge is -2.14. The topological polar surface area (TPSA) is 58.2 Å². The second-order valence-corrected chi connectivity index (χ2v) is 6.36. The van der Waals surface area contributed by atoms with Gasteiger partial charge in [-0.3, -0.25) is 0 Å². The van der Waals surface area contributed by atoms with Gasteiger partial charge in [0, 0.05) is 19.5 Å². The molecule has 8 heteroatoms. The number of alkyl halides is 3. The molecule has 1 atom stereocenters. The van der Waals surface area contributed by atoms with E-state index in [-0.39, 0.29) is 13.0 Å². The molecule has 0 aliphatic rings. The highest BCUT2D eigenvalue weighted by Gasteiger charge is 2.26. The molecule has 0 aromatic rings. The van der Waals surface area contributed by atoms with Crippen molar-refractivity contribution in [3.8, 4) is 0 Å². The molecule has 0 fully saturated rings. The highest BCUT2D eigenvalue weighted by atomic mass is 32.2. The Hall–Kier alpha value is -0.340. The van der Waals surface area contributed by atoms with Gasteiger partial charge in [-0.2, -0.15) is 13.2 Å². The fourth-order valence-corrected chi connectivity index (χ4v) is 2.29. The van der Waals surface area contributed by atoms with Crippen molar-refractivity contribution in [3.05, 3.63) is 0 Å². The van der Waals surface area contributed by atoms with Gasteiger partial charge in [-0.05, 0) is 26.3 Å². The molecule has 0 aliphatic carbocycles. The van der Waals surface area contributed by atoms with E-state index in [0.717, 1.165) is 6.42 Å². The van der Waals surface area contributed by atoms with Crippen LogP contribution >= 0.6 is 0 Å². The van der Waals surface area contributed by atoms with Gasteiger partial charge in [0.15, 0.2) is 0 Å². The Morgan fingerprint density at radius 2 is 1.83 bits per heavy atom. The summed E-state index contributed by atoms with van der Waals surface area (Å²) < 4.78 is 61.0. The minimum Gasteiger partial charge on any atom is -0.315 e. The van der Waals surface area contributed by atoms with Crippen LogP contribution < -0.4 is 10.0 Å². The molecule has 0 spiro atoms. The van der Waals surface area contributed by atoms with E-state index in [0.29, 0.717) is 13.1 Å². The Morgan fingerprint density at radius 3 is 2.33 bits per heavy atom. The van der Waals surface area contributed by atoms with E-state index in [4.69, 9.17) is 0 Å². The third-order valence-corrected chi connectivity index (χ3v) is 4.16. The molecule has 4 nitrogen and oxygen atoms in total. The zero-order chi connectivity index (χ0) is 14.2. The lowest BCUT2D eigenvalue weighted by Crippen LogP contribution is -2.39. The molecule has 0 saturated carbocycles. The quantitative estimate of drug-likeness (QED) is 0.635. The molecule has 1 unspecified atom stereocenters. The van der Waals surface area contributed by atoms with Crippen molar-refractivity contribution >= 4 is 10.0 Å². The second kappa shape index (κ2) is 7.96. The summed E-state index contributed by atoms with van der Waals surface area (Å²) in [5, 5.41) is 2.30. The summed E-state index contributed by atoms with van der Waals surface area (Å²) in [7, 11) is -3.54. The van der Waals surface area contributed by atoms with E-state index in [9.17, 15) is 21.6 Å². The maximum absolute atomic E-state index is 11.9. The predicted molar refractivity (Wildman–Crippen MR) is 64.8 cm³/mol. The molecule has 0 aromatic carbocycles. The first kappa shape index (κ1) is 17.7. The summed E-state index contributed by atoms with van der Waals surface area (Å²) in [6, 6.07) is 0. The molecular weight excluding hydrogens is 269 g/mol. The summed E-state index contributed by atoms with van der Waals surface area (Å²) in [4.78, 5) is 0. The van der Waals surface area contributed by atoms with Gasteiger partial charge in [0.2, 0.25) is 10.0 Å². The van der Waals surface area contributed by atoms with Crippen LogP contribution in [0.4, 0.5) is 13.2 Å². The summed E-state index contributed by atoms with van der Waals surface area (Å²) in [6.45, 7) is 4.31. The first-order valence-corrected chi connectivity index (χ1v) is 7.49. The summed E-state index contributed by atoms with van der Waals surface area (Å²) >= 11 is 0. The average molecular weight is 290 g/mol. The Morgan fingerprint density at radius 1 is 1.22 bits per heavy atom. The number of hydrogen-bond acceptors (Lipinski definition) is 3. The van der Waals surface area contributed by atoms with Crippen LogP contribution in [0.25, 0.3) is 0 Å². The molecule has 0 bridgehead atoms. The molecule has 0 aromatic heterocycles. The molecular formula is C10H21F3N2O2S. The first-order chi connectivity index (χ1) is 8.19. The van der Waals surface area contributed by atoms with E-state index in [1.807, 2.05) is 6.92 Å². The molecule has 110 valence electrons. The van der Waals surface area contributed by atoms with Gasteiger partial charge >= 0.3 is 6.18 Å². The minimum absolute atomic E-state index is 0.181. The van der Waals surface area contributed by atoms with Crippen LogP contribution in [0.1, 0.15) is 33.1 Å². The third-order valence-electron chi connectivity index (χ3n) is 2.33. The van der Waals surface area contributed by atoms with Gasteiger partial charge in [0.05, 0.1) is 5.25 Å². The van der Waals surface area contributed by atoms with Crippen molar-refractivity contribution in [2.24, 2.45) is 0 Å². The Bertz CT molecular complexity index is 318. The normalized spacial score (nSPS) is 14.7. The molecule has 0 aliphatic heterocycles. The molecule has 0 saturated heterocycles. The van der Waals surface area contributed by atoms with E-state index in [2.05, 4.69) is 10.0 Å². The van der Waals surface area contributed by atoms with Crippen molar-refractivity contribution in [2.75, 3.05) is 19.6 Å². The van der Waals surface area contributed by atoms with E-state index < -0.39 is 27.9 Å². The van der Waals surface area contributed by atoms with Gasteiger partial charge < -0.3 is 5.32 Å². The maximum atomic E-state index is 11.9. The second-order valence-electron chi connectivity index (χ2n) is 4.17. The zero-order valence-electron chi connectivity index (χ0n) is 10.7. The molecule has 0 heterocycles. The van der Waals surface area contributed by atoms with Crippen LogP contribution in [0.2, 0.25) is 0 Å². The van der Waals surface area contributed by atoms with E-state index >= 15 is 0 Å². The zero-order valence-corrected chi connectivity index (χ0v) is 11.5. The van der Waals surface area contributed by atoms with Gasteiger partial charge in [0.25, 0.3) is 0 Å².